The molecule has 0 spiro atoms. The first-order valence-corrected chi connectivity index (χ1v) is 7.38. The molecule has 1 aliphatic heterocycles. The molecular formula is C15H16F2N2S. The van der Waals surface area contributed by atoms with Crippen LogP contribution in [0.15, 0.2) is 29.6 Å². The zero-order chi connectivity index (χ0) is 14.3. The minimum atomic E-state index is -0.813. The van der Waals surface area contributed by atoms with Gasteiger partial charge in [0.15, 0.2) is 11.6 Å². The van der Waals surface area contributed by atoms with Gasteiger partial charge < -0.3 is 10.2 Å². The van der Waals surface area contributed by atoms with Crippen molar-refractivity contribution in [3.63, 3.8) is 0 Å². The molecule has 2 aromatic rings. The summed E-state index contributed by atoms with van der Waals surface area (Å²) in [6.45, 7) is 5.58. The molecule has 0 bridgehead atoms. The number of nitrogens with one attached hydrogen (secondary N) is 1. The highest BCUT2D eigenvalue weighted by Crippen LogP contribution is 2.38. The molecule has 1 aromatic carbocycles. The summed E-state index contributed by atoms with van der Waals surface area (Å²) in [6, 6.07) is 6.58. The van der Waals surface area contributed by atoms with Crippen LogP contribution in [0, 0.1) is 11.6 Å². The summed E-state index contributed by atoms with van der Waals surface area (Å²) >= 11 is 1.67. The molecule has 1 N–H and O–H groups in total. The van der Waals surface area contributed by atoms with E-state index in [9.17, 15) is 8.78 Å². The number of halogens is 2. The van der Waals surface area contributed by atoms with E-state index in [1.165, 1.54) is 17.0 Å². The van der Waals surface area contributed by atoms with E-state index in [0.29, 0.717) is 24.5 Å². The molecule has 5 heteroatoms. The molecule has 0 unspecified atom stereocenters. The number of hydrogen-bond donors (Lipinski definition) is 1. The van der Waals surface area contributed by atoms with Gasteiger partial charge in [-0.2, -0.15) is 0 Å². The maximum absolute atomic E-state index is 13.6. The van der Waals surface area contributed by atoms with Crippen molar-refractivity contribution >= 4 is 22.7 Å². The molecule has 1 aromatic heterocycles. The second-order valence-electron chi connectivity index (χ2n) is 5.61. The van der Waals surface area contributed by atoms with Crippen LogP contribution in [0.2, 0.25) is 0 Å². The maximum atomic E-state index is 13.6. The van der Waals surface area contributed by atoms with Crippen molar-refractivity contribution in [3.8, 4) is 0 Å². The Morgan fingerprint density at radius 2 is 2.05 bits per heavy atom. The van der Waals surface area contributed by atoms with Crippen LogP contribution in [0.1, 0.15) is 18.7 Å². The van der Waals surface area contributed by atoms with E-state index in [1.54, 1.807) is 11.3 Å². The second-order valence-corrected chi connectivity index (χ2v) is 6.65. The van der Waals surface area contributed by atoms with Crippen molar-refractivity contribution in [2.45, 2.75) is 25.9 Å². The molecule has 0 saturated heterocycles. The lowest BCUT2D eigenvalue weighted by Crippen LogP contribution is -2.51. The van der Waals surface area contributed by atoms with Crippen molar-refractivity contribution < 1.29 is 8.78 Å². The fourth-order valence-corrected chi connectivity index (χ4v) is 3.18. The quantitative estimate of drug-likeness (QED) is 0.891. The van der Waals surface area contributed by atoms with E-state index in [1.807, 2.05) is 11.4 Å². The van der Waals surface area contributed by atoms with E-state index < -0.39 is 11.6 Å². The van der Waals surface area contributed by atoms with Crippen LogP contribution in [0.3, 0.4) is 0 Å². The lowest BCUT2D eigenvalue weighted by molar-refractivity contribution is 0.463. The van der Waals surface area contributed by atoms with Crippen molar-refractivity contribution in [2.24, 2.45) is 0 Å². The van der Waals surface area contributed by atoms with Crippen molar-refractivity contribution in [1.29, 1.82) is 0 Å². The van der Waals surface area contributed by atoms with Crippen molar-refractivity contribution in [1.82, 2.24) is 0 Å². The van der Waals surface area contributed by atoms with Crippen LogP contribution in [0.5, 0.6) is 0 Å². The number of rotatable bonds is 2. The summed E-state index contributed by atoms with van der Waals surface area (Å²) in [5.74, 6) is -1.62. The van der Waals surface area contributed by atoms with E-state index in [4.69, 9.17) is 0 Å². The second kappa shape index (κ2) is 4.74. The van der Waals surface area contributed by atoms with Gasteiger partial charge in [-0.05, 0) is 25.3 Å². The molecule has 106 valence electrons. The summed E-state index contributed by atoms with van der Waals surface area (Å²) in [5, 5.41) is 5.21. The normalized spacial score (nSPS) is 16.7. The average Bonchev–Trinajstić information content (AvgIpc) is 2.89. The smallest absolute Gasteiger partial charge is 0.161 e. The van der Waals surface area contributed by atoms with Gasteiger partial charge in [0, 0.05) is 23.6 Å². The summed E-state index contributed by atoms with van der Waals surface area (Å²) in [6.07, 6.45) is 0. The number of nitrogens with zero attached hydrogens (tertiary/aromatic N) is 1. The molecule has 0 saturated carbocycles. The molecule has 0 amide bonds. The highest BCUT2D eigenvalue weighted by Gasteiger charge is 2.33. The summed E-state index contributed by atoms with van der Waals surface area (Å²) in [5.41, 5.74) is 1.20. The molecule has 0 fully saturated rings. The minimum Gasteiger partial charge on any atom is -0.381 e. The van der Waals surface area contributed by atoms with Gasteiger partial charge in [0.25, 0.3) is 0 Å². The number of hydrogen-bond acceptors (Lipinski definition) is 3. The van der Waals surface area contributed by atoms with Gasteiger partial charge in [0.05, 0.1) is 23.5 Å². The van der Waals surface area contributed by atoms with Gasteiger partial charge in [-0.25, -0.2) is 8.78 Å². The van der Waals surface area contributed by atoms with Gasteiger partial charge in [0.2, 0.25) is 0 Å². The van der Waals surface area contributed by atoms with Gasteiger partial charge in [-0.3, -0.25) is 0 Å². The van der Waals surface area contributed by atoms with Gasteiger partial charge in [0.1, 0.15) is 0 Å². The molecule has 0 aliphatic carbocycles. The van der Waals surface area contributed by atoms with Gasteiger partial charge >= 0.3 is 0 Å². The number of thiophene rings is 1. The Bertz CT molecular complexity index is 623. The monoisotopic (exact) mass is 294 g/mol. The topological polar surface area (TPSA) is 15.3 Å². The van der Waals surface area contributed by atoms with Crippen molar-refractivity contribution in [2.75, 3.05) is 16.8 Å². The lowest BCUT2D eigenvalue weighted by Gasteiger charge is -2.45. The third-order valence-electron chi connectivity index (χ3n) is 3.67. The molecule has 1 aliphatic rings. The SMILES string of the molecule is CC1(C)CNc2cc(F)c(F)cc2N1Cc1cccs1. The van der Waals surface area contributed by atoms with E-state index in [0.717, 1.165) is 0 Å². The largest absolute Gasteiger partial charge is 0.381 e. The van der Waals surface area contributed by atoms with Gasteiger partial charge in [-0.15, -0.1) is 11.3 Å². The van der Waals surface area contributed by atoms with E-state index in [-0.39, 0.29) is 5.54 Å². The maximum Gasteiger partial charge on any atom is 0.161 e. The standard InChI is InChI=1S/C15H16F2N2S/c1-15(2)9-18-13-6-11(16)12(17)7-14(13)19(15)8-10-4-3-5-20-10/h3-7,18H,8-9H2,1-2H3. The average molecular weight is 294 g/mol. The van der Waals surface area contributed by atoms with E-state index in [2.05, 4.69) is 30.1 Å². The molecule has 2 nitrogen and oxygen atoms in total. The third-order valence-corrected chi connectivity index (χ3v) is 4.53. The molecule has 3 rings (SSSR count). The lowest BCUT2D eigenvalue weighted by atomic mass is 9.97. The molecule has 2 heterocycles. The van der Waals surface area contributed by atoms with Crippen LogP contribution in [0.4, 0.5) is 20.2 Å². The first-order chi connectivity index (χ1) is 9.47. The predicted molar refractivity (Wildman–Crippen MR) is 79.4 cm³/mol. The van der Waals surface area contributed by atoms with Crippen LogP contribution < -0.4 is 10.2 Å². The molecule has 20 heavy (non-hydrogen) atoms. The predicted octanol–water partition coefficient (Wildman–Crippen LogP) is 4.24. The highest BCUT2D eigenvalue weighted by molar-refractivity contribution is 7.09. The van der Waals surface area contributed by atoms with Crippen LogP contribution in [-0.4, -0.2) is 12.1 Å². The van der Waals surface area contributed by atoms with Crippen LogP contribution in [0.25, 0.3) is 0 Å². The first kappa shape index (κ1) is 13.4. The number of fused-ring (bicyclic) bond motifs is 1. The Labute approximate surface area is 121 Å². The van der Waals surface area contributed by atoms with Gasteiger partial charge in [-0.1, -0.05) is 6.07 Å². The Kier molecular flexibility index (Phi) is 3.17. The number of benzene rings is 1. The summed E-state index contributed by atoms with van der Waals surface area (Å²) in [7, 11) is 0. The molecule has 0 atom stereocenters. The minimum absolute atomic E-state index is 0.165. The Hall–Kier alpha value is -1.62. The van der Waals surface area contributed by atoms with Crippen LogP contribution in [-0.2, 0) is 6.54 Å². The Morgan fingerprint density at radius 1 is 1.30 bits per heavy atom. The number of anilines is 2. The summed E-state index contributed by atoms with van der Waals surface area (Å²) in [4.78, 5) is 3.34. The Morgan fingerprint density at radius 3 is 2.75 bits per heavy atom. The van der Waals surface area contributed by atoms with Crippen molar-refractivity contribution in [3.05, 3.63) is 46.2 Å². The zero-order valence-electron chi connectivity index (χ0n) is 11.4. The molecular weight excluding hydrogens is 278 g/mol. The molecule has 0 radical (unpaired) electrons. The van der Waals surface area contributed by atoms with E-state index >= 15 is 0 Å². The fourth-order valence-electron chi connectivity index (χ4n) is 2.49. The Balaban J connectivity index is 2.04. The highest BCUT2D eigenvalue weighted by atomic mass is 32.1. The zero-order valence-corrected chi connectivity index (χ0v) is 12.2. The fraction of sp³-hybridized carbons (Fsp3) is 0.333. The third kappa shape index (κ3) is 2.26. The van der Waals surface area contributed by atoms with Crippen LogP contribution >= 0.6 is 11.3 Å². The first-order valence-electron chi connectivity index (χ1n) is 6.50. The summed E-state index contributed by atoms with van der Waals surface area (Å²) < 4.78 is 27.0.